The molecular formula is C27H30N2O8. The van der Waals surface area contributed by atoms with E-state index < -0.39 is 17.7 Å². The van der Waals surface area contributed by atoms with Gasteiger partial charge in [0.05, 0.1) is 39.0 Å². The molecule has 1 amide bonds. The maximum Gasteiger partial charge on any atom is 0.295 e. The summed E-state index contributed by atoms with van der Waals surface area (Å²) in [6.45, 7) is 4.46. The second-order valence-corrected chi connectivity index (χ2v) is 8.92. The standard InChI is InChI=1S/C27H30N2O8/c1-33-19-5-3-17(15-21(19)34-2)24-23(25(30)18-4-6-20-22(16-18)37-14-13-36-20)26(31)27(32)29(24)8-7-28-9-11-35-12-10-28/h3-6,15-16,24,30H,7-14H2,1-2H3/b25-23+. The molecule has 2 saturated heterocycles. The van der Waals surface area contributed by atoms with Crippen LogP contribution in [0.25, 0.3) is 5.76 Å². The molecule has 0 bridgehead atoms. The van der Waals surface area contributed by atoms with Crippen molar-refractivity contribution in [1.29, 1.82) is 0 Å². The van der Waals surface area contributed by atoms with Gasteiger partial charge in [-0.1, -0.05) is 6.07 Å². The monoisotopic (exact) mass is 510 g/mol. The van der Waals surface area contributed by atoms with E-state index in [4.69, 9.17) is 23.7 Å². The fourth-order valence-corrected chi connectivity index (χ4v) is 4.90. The van der Waals surface area contributed by atoms with Gasteiger partial charge in [-0.2, -0.15) is 0 Å². The number of ether oxygens (including phenoxy) is 5. The molecule has 10 heteroatoms. The number of aliphatic hydroxyl groups is 1. The molecule has 10 nitrogen and oxygen atoms in total. The van der Waals surface area contributed by atoms with Gasteiger partial charge in [-0.05, 0) is 35.9 Å². The van der Waals surface area contributed by atoms with Gasteiger partial charge >= 0.3 is 0 Å². The predicted octanol–water partition coefficient (Wildman–Crippen LogP) is 2.23. The van der Waals surface area contributed by atoms with Crippen molar-refractivity contribution in [2.75, 3.05) is 66.8 Å². The number of ketones is 1. The van der Waals surface area contributed by atoms with Crippen LogP contribution in [0, 0.1) is 0 Å². The van der Waals surface area contributed by atoms with Crippen molar-refractivity contribution in [2.45, 2.75) is 6.04 Å². The van der Waals surface area contributed by atoms with Gasteiger partial charge in [0.15, 0.2) is 23.0 Å². The summed E-state index contributed by atoms with van der Waals surface area (Å²) in [4.78, 5) is 30.4. The summed E-state index contributed by atoms with van der Waals surface area (Å²) in [6, 6.07) is 9.37. The molecule has 1 N–H and O–H groups in total. The van der Waals surface area contributed by atoms with E-state index in [-0.39, 0.29) is 11.3 Å². The molecule has 0 saturated carbocycles. The summed E-state index contributed by atoms with van der Waals surface area (Å²) in [7, 11) is 3.06. The van der Waals surface area contributed by atoms with Crippen LogP contribution in [-0.4, -0.2) is 93.4 Å². The molecular weight excluding hydrogens is 480 g/mol. The van der Waals surface area contributed by atoms with Crippen molar-refractivity contribution in [3.05, 3.63) is 53.1 Å². The van der Waals surface area contributed by atoms with E-state index in [9.17, 15) is 14.7 Å². The van der Waals surface area contributed by atoms with E-state index in [0.29, 0.717) is 73.6 Å². The third kappa shape index (κ3) is 4.82. The average molecular weight is 511 g/mol. The Kier molecular flexibility index (Phi) is 7.20. The van der Waals surface area contributed by atoms with E-state index in [1.54, 1.807) is 36.4 Å². The first kappa shape index (κ1) is 24.9. The first-order chi connectivity index (χ1) is 18.0. The van der Waals surface area contributed by atoms with Crippen LogP contribution < -0.4 is 18.9 Å². The quantitative estimate of drug-likeness (QED) is 0.341. The topological polar surface area (TPSA) is 107 Å². The van der Waals surface area contributed by atoms with Crippen LogP contribution in [0.4, 0.5) is 0 Å². The maximum absolute atomic E-state index is 13.4. The summed E-state index contributed by atoms with van der Waals surface area (Å²) >= 11 is 0. The number of morpholine rings is 1. The number of fused-ring (bicyclic) bond motifs is 1. The van der Waals surface area contributed by atoms with E-state index in [2.05, 4.69) is 4.90 Å². The van der Waals surface area contributed by atoms with Gasteiger partial charge in [0.25, 0.3) is 11.7 Å². The van der Waals surface area contributed by atoms with E-state index >= 15 is 0 Å². The zero-order valence-corrected chi connectivity index (χ0v) is 20.9. The molecule has 3 heterocycles. The number of Topliss-reactive ketones (excluding diaryl/α,β-unsaturated/α-hetero) is 1. The number of benzene rings is 2. The fourth-order valence-electron chi connectivity index (χ4n) is 4.90. The normalized spacial score (nSPS) is 21.2. The van der Waals surface area contributed by atoms with Gasteiger partial charge < -0.3 is 33.7 Å². The first-order valence-electron chi connectivity index (χ1n) is 12.2. The second-order valence-electron chi connectivity index (χ2n) is 8.92. The highest BCUT2D eigenvalue weighted by molar-refractivity contribution is 6.46. The molecule has 3 aliphatic rings. The Labute approximate surface area is 214 Å². The van der Waals surface area contributed by atoms with E-state index in [1.165, 1.54) is 19.1 Å². The second kappa shape index (κ2) is 10.7. The summed E-state index contributed by atoms with van der Waals surface area (Å²) in [5, 5.41) is 11.4. The zero-order valence-electron chi connectivity index (χ0n) is 20.9. The SMILES string of the molecule is COc1ccc(C2/C(=C(\O)c3ccc4c(c3)OCCO4)C(=O)C(=O)N2CCN2CCOCC2)cc1OC. The fraction of sp³-hybridized carbons (Fsp3) is 0.407. The predicted molar refractivity (Wildman–Crippen MR) is 133 cm³/mol. The maximum atomic E-state index is 13.4. The number of hydrogen-bond acceptors (Lipinski definition) is 9. The van der Waals surface area contributed by atoms with Crippen molar-refractivity contribution in [2.24, 2.45) is 0 Å². The summed E-state index contributed by atoms with van der Waals surface area (Å²) < 4.78 is 27.5. The van der Waals surface area contributed by atoms with Crippen molar-refractivity contribution < 1.29 is 38.4 Å². The number of methoxy groups -OCH3 is 2. The Morgan fingerprint density at radius 2 is 1.65 bits per heavy atom. The lowest BCUT2D eigenvalue weighted by molar-refractivity contribution is -0.140. The van der Waals surface area contributed by atoms with Gasteiger partial charge in [0, 0.05) is 31.7 Å². The van der Waals surface area contributed by atoms with E-state index in [0.717, 1.165) is 13.1 Å². The Hall–Kier alpha value is -3.76. The summed E-state index contributed by atoms with van der Waals surface area (Å²) in [5.41, 5.74) is 0.995. The number of likely N-dealkylation sites (tertiary alicyclic amines) is 1. The minimum absolute atomic E-state index is 0.0101. The first-order valence-corrected chi connectivity index (χ1v) is 12.2. The number of nitrogens with zero attached hydrogens (tertiary/aromatic N) is 2. The molecule has 0 aliphatic carbocycles. The lowest BCUT2D eigenvalue weighted by Crippen LogP contribution is -2.42. The third-order valence-corrected chi connectivity index (χ3v) is 6.84. The van der Waals surface area contributed by atoms with Gasteiger partial charge in [-0.3, -0.25) is 14.5 Å². The molecule has 2 aromatic rings. The van der Waals surface area contributed by atoms with Crippen molar-refractivity contribution >= 4 is 17.4 Å². The number of rotatable bonds is 7. The van der Waals surface area contributed by atoms with Crippen LogP contribution in [0.2, 0.25) is 0 Å². The smallest absolute Gasteiger partial charge is 0.295 e. The third-order valence-electron chi connectivity index (χ3n) is 6.84. The average Bonchev–Trinajstić information content (AvgIpc) is 3.20. The molecule has 1 unspecified atom stereocenters. The van der Waals surface area contributed by atoms with Crippen LogP contribution in [-0.2, 0) is 14.3 Å². The summed E-state index contributed by atoms with van der Waals surface area (Å²) in [6.07, 6.45) is 0. The van der Waals surface area contributed by atoms with Crippen LogP contribution in [0.5, 0.6) is 23.0 Å². The van der Waals surface area contributed by atoms with Crippen molar-refractivity contribution in [1.82, 2.24) is 9.80 Å². The zero-order chi connectivity index (χ0) is 25.9. The lowest BCUT2D eigenvalue weighted by Gasteiger charge is -2.31. The van der Waals surface area contributed by atoms with Crippen molar-refractivity contribution in [3.63, 3.8) is 0 Å². The number of aliphatic hydroxyl groups excluding tert-OH is 1. The van der Waals surface area contributed by atoms with Gasteiger partial charge in [-0.25, -0.2) is 0 Å². The molecule has 1 atom stereocenters. The summed E-state index contributed by atoms with van der Waals surface area (Å²) in [5.74, 6) is 0.330. The number of carbonyl (C=O) groups is 2. The number of carbonyl (C=O) groups excluding carboxylic acids is 2. The van der Waals surface area contributed by atoms with E-state index in [1.807, 2.05) is 0 Å². The Morgan fingerprint density at radius 1 is 0.919 bits per heavy atom. The molecule has 37 heavy (non-hydrogen) atoms. The molecule has 2 aromatic carbocycles. The van der Waals surface area contributed by atoms with Gasteiger partial charge in [0.1, 0.15) is 19.0 Å². The molecule has 0 aromatic heterocycles. The molecule has 3 aliphatic heterocycles. The highest BCUT2D eigenvalue weighted by atomic mass is 16.6. The lowest BCUT2D eigenvalue weighted by atomic mass is 9.94. The minimum Gasteiger partial charge on any atom is -0.507 e. The van der Waals surface area contributed by atoms with Gasteiger partial charge in [0.2, 0.25) is 0 Å². The number of hydrogen-bond donors (Lipinski definition) is 1. The Bertz CT molecular complexity index is 1220. The van der Waals surface area contributed by atoms with Crippen LogP contribution in [0.15, 0.2) is 42.0 Å². The van der Waals surface area contributed by atoms with Crippen molar-refractivity contribution in [3.8, 4) is 23.0 Å². The minimum atomic E-state index is -0.811. The molecule has 0 spiro atoms. The molecule has 2 fully saturated rings. The number of amides is 1. The van der Waals surface area contributed by atoms with Crippen LogP contribution in [0.3, 0.4) is 0 Å². The highest BCUT2D eigenvalue weighted by Crippen LogP contribution is 2.43. The van der Waals surface area contributed by atoms with Gasteiger partial charge in [-0.15, -0.1) is 0 Å². The molecule has 0 radical (unpaired) electrons. The molecule has 5 rings (SSSR count). The Morgan fingerprint density at radius 3 is 2.38 bits per heavy atom. The highest BCUT2D eigenvalue weighted by Gasteiger charge is 2.46. The Balaban J connectivity index is 1.57. The van der Waals surface area contributed by atoms with Crippen LogP contribution in [0.1, 0.15) is 17.2 Å². The molecule has 196 valence electrons. The van der Waals surface area contributed by atoms with Crippen LogP contribution >= 0.6 is 0 Å². The largest absolute Gasteiger partial charge is 0.507 e.